The predicted molar refractivity (Wildman–Crippen MR) is 77.2 cm³/mol. The number of aromatic nitrogens is 2. The number of hydrogen-bond donors (Lipinski definition) is 2. The number of amides is 1. The van der Waals surface area contributed by atoms with E-state index in [0.717, 1.165) is 47.7 Å². The van der Waals surface area contributed by atoms with Crippen molar-refractivity contribution in [3.63, 3.8) is 0 Å². The molecule has 2 heterocycles. The second-order valence-electron chi connectivity index (χ2n) is 4.85. The van der Waals surface area contributed by atoms with Gasteiger partial charge in [-0.2, -0.15) is 0 Å². The Balaban J connectivity index is 1.66. The molecular weight excluding hydrogens is 258 g/mol. The Hall–Kier alpha value is -1.49. The maximum Gasteiger partial charge on any atom is 0.223 e. The number of carbonyl (C=O) groups excluding carboxylic acids is 1. The first-order valence-electron chi connectivity index (χ1n) is 6.68. The molecule has 1 aromatic heterocycles. The Morgan fingerprint density at radius 1 is 1.32 bits per heavy atom. The number of thioether (sulfide) groups is 1. The van der Waals surface area contributed by atoms with E-state index in [1.54, 1.807) is 11.8 Å². The van der Waals surface area contributed by atoms with Gasteiger partial charge in [-0.15, -0.1) is 0 Å². The first-order chi connectivity index (χ1) is 9.33. The van der Waals surface area contributed by atoms with E-state index in [4.69, 9.17) is 0 Å². The average molecular weight is 275 g/mol. The van der Waals surface area contributed by atoms with Gasteiger partial charge in [0.1, 0.15) is 0 Å². The topological polar surface area (TPSA) is 57.8 Å². The number of carbonyl (C=O) groups is 1. The van der Waals surface area contributed by atoms with Gasteiger partial charge in [-0.1, -0.05) is 30.3 Å². The summed E-state index contributed by atoms with van der Waals surface area (Å²) in [6.07, 6.45) is 3.21. The number of aromatic amines is 1. The monoisotopic (exact) mass is 275 g/mol. The minimum absolute atomic E-state index is 0.112. The third-order valence-corrected chi connectivity index (χ3v) is 4.47. The molecule has 0 bridgehead atoms. The lowest BCUT2D eigenvalue weighted by atomic mass is 10.1. The van der Waals surface area contributed by atoms with Crippen molar-refractivity contribution < 1.29 is 4.79 Å². The van der Waals surface area contributed by atoms with Crippen molar-refractivity contribution in [2.24, 2.45) is 5.92 Å². The highest BCUT2D eigenvalue weighted by Crippen LogP contribution is 2.24. The number of nitrogens with one attached hydrogen (secondary N) is 2. The molecule has 19 heavy (non-hydrogen) atoms. The van der Waals surface area contributed by atoms with Crippen molar-refractivity contribution in [2.75, 3.05) is 12.3 Å². The fraction of sp³-hybridized carbons (Fsp3) is 0.429. The molecular formula is C14H17N3OS. The van der Waals surface area contributed by atoms with Crippen molar-refractivity contribution in [1.29, 1.82) is 0 Å². The molecule has 1 fully saturated rings. The van der Waals surface area contributed by atoms with Crippen LogP contribution in [0.15, 0.2) is 29.4 Å². The molecule has 0 radical (unpaired) electrons. The normalized spacial score (nSPS) is 20.2. The summed E-state index contributed by atoms with van der Waals surface area (Å²) in [6, 6.07) is 7.99. The summed E-state index contributed by atoms with van der Waals surface area (Å²) in [5, 5.41) is 3.88. The Morgan fingerprint density at radius 3 is 3.11 bits per heavy atom. The second-order valence-corrected chi connectivity index (χ2v) is 5.86. The third-order valence-electron chi connectivity index (χ3n) is 3.44. The minimum atomic E-state index is 0.112. The lowest BCUT2D eigenvalue weighted by molar-refractivity contribution is -0.123. The number of fused-ring (bicyclic) bond motifs is 1. The standard InChI is InChI=1S/C14H17N3OS/c18-13-10(5-3-4-8-15-13)9-19-14-16-11-6-1-2-7-12(11)17-14/h1-2,6-7,10H,3-5,8-9H2,(H,15,18)(H,16,17). The largest absolute Gasteiger partial charge is 0.356 e. The van der Waals surface area contributed by atoms with Crippen molar-refractivity contribution in [3.8, 4) is 0 Å². The van der Waals surface area contributed by atoms with Crippen LogP contribution >= 0.6 is 11.8 Å². The molecule has 1 saturated heterocycles. The number of hydrogen-bond acceptors (Lipinski definition) is 3. The van der Waals surface area contributed by atoms with Crippen LogP contribution in [0.25, 0.3) is 11.0 Å². The van der Waals surface area contributed by atoms with Gasteiger partial charge in [-0.25, -0.2) is 4.98 Å². The molecule has 1 aliphatic heterocycles. The average Bonchev–Trinajstić information content (AvgIpc) is 2.73. The van der Waals surface area contributed by atoms with E-state index < -0.39 is 0 Å². The number of H-pyrrole nitrogens is 1. The molecule has 0 spiro atoms. The Kier molecular flexibility index (Phi) is 3.73. The van der Waals surface area contributed by atoms with Crippen LogP contribution in [0.4, 0.5) is 0 Å². The second kappa shape index (κ2) is 5.65. The van der Waals surface area contributed by atoms with Crippen LogP contribution in [-0.2, 0) is 4.79 Å². The van der Waals surface area contributed by atoms with Crippen molar-refractivity contribution in [3.05, 3.63) is 24.3 Å². The van der Waals surface area contributed by atoms with Crippen molar-refractivity contribution in [2.45, 2.75) is 24.4 Å². The smallest absolute Gasteiger partial charge is 0.223 e. The number of nitrogens with zero attached hydrogens (tertiary/aromatic N) is 1. The van der Waals surface area contributed by atoms with E-state index in [2.05, 4.69) is 15.3 Å². The SMILES string of the molecule is O=C1NCCCCC1CSc1nc2ccccc2[nH]1. The Morgan fingerprint density at radius 2 is 2.21 bits per heavy atom. The van der Waals surface area contributed by atoms with Crippen LogP contribution in [-0.4, -0.2) is 28.2 Å². The van der Waals surface area contributed by atoms with Crippen LogP contribution in [0, 0.1) is 5.92 Å². The van der Waals surface area contributed by atoms with E-state index in [1.165, 1.54) is 0 Å². The zero-order valence-corrected chi connectivity index (χ0v) is 11.5. The van der Waals surface area contributed by atoms with Crippen molar-refractivity contribution >= 4 is 28.7 Å². The Bertz CT molecular complexity index is 548. The summed E-state index contributed by atoms with van der Waals surface area (Å²) < 4.78 is 0. The summed E-state index contributed by atoms with van der Waals surface area (Å²) in [5.41, 5.74) is 2.03. The van der Waals surface area contributed by atoms with E-state index in [0.29, 0.717) is 0 Å². The molecule has 1 aromatic carbocycles. The molecule has 1 atom stereocenters. The summed E-state index contributed by atoms with van der Waals surface area (Å²) in [6.45, 7) is 0.824. The van der Waals surface area contributed by atoms with Gasteiger partial charge in [0, 0.05) is 18.2 Å². The summed E-state index contributed by atoms with van der Waals surface area (Å²) >= 11 is 1.64. The van der Waals surface area contributed by atoms with Gasteiger partial charge in [0.05, 0.1) is 11.0 Å². The van der Waals surface area contributed by atoms with Gasteiger partial charge in [0.15, 0.2) is 5.16 Å². The fourth-order valence-corrected chi connectivity index (χ4v) is 3.36. The maximum absolute atomic E-state index is 11.9. The molecule has 4 nitrogen and oxygen atoms in total. The predicted octanol–water partition coefficient (Wildman–Crippen LogP) is 2.57. The third kappa shape index (κ3) is 2.92. The molecule has 1 aliphatic rings. The highest BCUT2D eigenvalue weighted by Gasteiger charge is 2.21. The lowest BCUT2D eigenvalue weighted by Crippen LogP contribution is -2.30. The van der Waals surface area contributed by atoms with E-state index in [1.807, 2.05) is 24.3 Å². The number of benzene rings is 1. The van der Waals surface area contributed by atoms with E-state index in [9.17, 15) is 4.79 Å². The van der Waals surface area contributed by atoms with Gasteiger partial charge in [-0.3, -0.25) is 4.79 Å². The van der Waals surface area contributed by atoms with Crippen LogP contribution in [0.2, 0.25) is 0 Å². The number of para-hydroxylation sites is 2. The number of imidazole rings is 1. The first-order valence-corrected chi connectivity index (χ1v) is 7.67. The molecule has 1 unspecified atom stereocenters. The molecule has 2 N–H and O–H groups in total. The minimum Gasteiger partial charge on any atom is -0.356 e. The lowest BCUT2D eigenvalue weighted by Gasteiger charge is -2.11. The summed E-state index contributed by atoms with van der Waals surface area (Å²) in [4.78, 5) is 19.7. The Labute approximate surface area is 116 Å². The highest BCUT2D eigenvalue weighted by atomic mass is 32.2. The summed E-state index contributed by atoms with van der Waals surface area (Å²) in [5.74, 6) is 1.10. The molecule has 5 heteroatoms. The van der Waals surface area contributed by atoms with Crippen LogP contribution < -0.4 is 5.32 Å². The zero-order chi connectivity index (χ0) is 13.1. The highest BCUT2D eigenvalue weighted by molar-refractivity contribution is 7.99. The fourth-order valence-electron chi connectivity index (χ4n) is 2.34. The van der Waals surface area contributed by atoms with Gasteiger partial charge in [0.25, 0.3) is 0 Å². The molecule has 1 amide bonds. The molecule has 2 aromatic rings. The summed E-state index contributed by atoms with van der Waals surface area (Å²) in [7, 11) is 0. The van der Waals surface area contributed by atoms with Gasteiger partial charge in [0.2, 0.25) is 5.91 Å². The molecule has 100 valence electrons. The quantitative estimate of drug-likeness (QED) is 0.846. The maximum atomic E-state index is 11.9. The molecule has 3 rings (SSSR count). The zero-order valence-electron chi connectivity index (χ0n) is 10.7. The molecule has 0 saturated carbocycles. The van der Waals surface area contributed by atoms with Gasteiger partial charge >= 0.3 is 0 Å². The van der Waals surface area contributed by atoms with Crippen LogP contribution in [0.5, 0.6) is 0 Å². The molecule has 0 aliphatic carbocycles. The van der Waals surface area contributed by atoms with Crippen LogP contribution in [0.1, 0.15) is 19.3 Å². The van der Waals surface area contributed by atoms with E-state index >= 15 is 0 Å². The number of rotatable bonds is 3. The first kappa shape index (κ1) is 12.5. The van der Waals surface area contributed by atoms with Crippen molar-refractivity contribution in [1.82, 2.24) is 15.3 Å². The van der Waals surface area contributed by atoms with Crippen LogP contribution in [0.3, 0.4) is 0 Å². The van der Waals surface area contributed by atoms with Gasteiger partial charge in [-0.05, 0) is 25.0 Å². The van der Waals surface area contributed by atoms with Gasteiger partial charge < -0.3 is 10.3 Å². The van der Waals surface area contributed by atoms with E-state index in [-0.39, 0.29) is 11.8 Å².